The summed E-state index contributed by atoms with van der Waals surface area (Å²) < 4.78 is 31.4. The summed E-state index contributed by atoms with van der Waals surface area (Å²) in [5.41, 5.74) is 0.728. The van der Waals surface area contributed by atoms with Gasteiger partial charge in [0.15, 0.2) is 11.5 Å². The highest BCUT2D eigenvalue weighted by Gasteiger charge is 2.43. The Bertz CT molecular complexity index is 959. The minimum atomic E-state index is -1.50. The third-order valence-corrected chi connectivity index (χ3v) is 6.03. The molecule has 2 aromatic carbocycles. The monoisotopic (exact) mass is 489 g/mol. The van der Waals surface area contributed by atoms with Gasteiger partial charge in [0.1, 0.15) is 49.2 Å². The maximum atomic E-state index is 14.2. The molecule has 0 bridgehead atoms. The quantitative estimate of drug-likeness (QED) is 0.426. The van der Waals surface area contributed by atoms with E-state index in [1.54, 1.807) is 18.2 Å². The lowest BCUT2D eigenvalue weighted by Crippen LogP contribution is -2.63. The van der Waals surface area contributed by atoms with E-state index in [-0.39, 0.29) is 24.7 Å². The number of hydrogen-bond acceptors (Lipinski definition) is 8. The average molecular weight is 490 g/mol. The number of ether oxygens (including phenoxy) is 3. The third-order valence-electron chi connectivity index (χ3n) is 5.40. The first-order valence-electron chi connectivity index (χ1n) is 9.91. The van der Waals surface area contributed by atoms with Crippen molar-refractivity contribution in [3.05, 3.63) is 46.2 Å². The number of halogens is 3. The molecule has 5 N–H and O–H groups in total. The fraction of sp³-hybridized carbons (Fsp3) is 0.429. The first-order valence-corrected chi connectivity index (χ1v) is 10.7. The number of rotatable bonds is 5. The zero-order chi connectivity index (χ0) is 23.0. The zero-order valence-corrected chi connectivity index (χ0v) is 18.1. The van der Waals surface area contributed by atoms with Crippen molar-refractivity contribution in [1.29, 1.82) is 0 Å². The highest BCUT2D eigenvalue weighted by atomic mass is 35.5. The normalized spacial score (nSPS) is 29.7. The summed E-state index contributed by atoms with van der Waals surface area (Å²) >= 11 is 12.6. The van der Waals surface area contributed by atoms with Crippen LogP contribution in [0.25, 0.3) is 11.1 Å². The molecule has 0 saturated carbocycles. The molecule has 2 aliphatic rings. The minimum Gasteiger partial charge on any atom is -0.486 e. The Morgan fingerprint density at radius 2 is 1.78 bits per heavy atom. The molecule has 11 heteroatoms. The molecule has 1 saturated heterocycles. The maximum absolute atomic E-state index is 14.2. The Kier molecular flexibility index (Phi) is 7.09. The standard InChI is InChI=1S/C21H22Cl2FNO7/c22-12-2-1-3-13(23)16(12)11-4-9(24)5-14-20(11)31-10(8-30-14)6-25-21-19(29)18(28)17(27)15(7-26)32-21/h1-5,10,15,17-19,21,25-29H,6-8H2/t10-,15?,17?,18?,19?,21?/m0/s1. The van der Waals surface area contributed by atoms with Gasteiger partial charge in [0.05, 0.1) is 16.7 Å². The Balaban J connectivity index is 1.53. The number of nitrogens with one attached hydrogen (secondary N) is 1. The van der Waals surface area contributed by atoms with E-state index >= 15 is 0 Å². The van der Waals surface area contributed by atoms with Gasteiger partial charge in [-0.2, -0.15) is 0 Å². The molecule has 1 fully saturated rings. The van der Waals surface area contributed by atoms with E-state index < -0.39 is 49.2 Å². The van der Waals surface area contributed by atoms with E-state index in [2.05, 4.69) is 5.32 Å². The summed E-state index contributed by atoms with van der Waals surface area (Å²) in [6.07, 6.45) is -7.07. The van der Waals surface area contributed by atoms with Gasteiger partial charge < -0.3 is 34.6 Å². The van der Waals surface area contributed by atoms with E-state index in [0.717, 1.165) is 0 Å². The van der Waals surface area contributed by atoms with Gasteiger partial charge in [0, 0.05) is 23.7 Å². The lowest BCUT2D eigenvalue weighted by atomic mass is 9.98. The Hall–Kier alpha value is -1.69. The highest BCUT2D eigenvalue weighted by molar-refractivity contribution is 6.39. The molecule has 0 aliphatic carbocycles. The number of aliphatic hydroxyl groups is 4. The minimum absolute atomic E-state index is 0.0660. The molecule has 2 aliphatic heterocycles. The van der Waals surface area contributed by atoms with Gasteiger partial charge in [0.25, 0.3) is 0 Å². The van der Waals surface area contributed by atoms with Crippen LogP contribution in [0.15, 0.2) is 30.3 Å². The summed E-state index contributed by atoms with van der Waals surface area (Å²) in [6.45, 7) is -0.362. The molecule has 0 aromatic heterocycles. The number of aliphatic hydroxyl groups excluding tert-OH is 4. The topological polar surface area (TPSA) is 121 Å². The van der Waals surface area contributed by atoms with E-state index in [1.165, 1.54) is 12.1 Å². The number of hydrogen-bond donors (Lipinski definition) is 5. The Labute approximate surface area is 193 Å². The van der Waals surface area contributed by atoms with Crippen LogP contribution in [0.5, 0.6) is 11.5 Å². The predicted octanol–water partition coefficient (Wildman–Crippen LogP) is 1.33. The molecule has 32 heavy (non-hydrogen) atoms. The SMILES string of the molecule is OCC1OC(NC[C@H]2COc3cc(F)cc(-c4c(Cl)cccc4Cl)c3O2)C(O)C(O)C1O. The molecule has 2 heterocycles. The summed E-state index contributed by atoms with van der Waals surface area (Å²) in [7, 11) is 0. The summed E-state index contributed by atoms with van der Waals surface area (Å²) in [5, 5.41) is 42.8. The third kappa shape index (κ3) is 4.52. The van der Waals surface area contributed by atoms with Crippen molar-refractivity contribution < 1.29 is 39.0 Å². The summed E-state index contributed by atoms with van der Waals surface area (Å²) in [6, 6.07) is 7.38. The summed E-state index contributed by atoms with van der Waals surface area (Å²) in [5.74, 6) is -0.0930. The van der Waals surface area contributed by atoms with E-state index in [9.17, 15) is 24.8 Å². The van der Waals surface area contributed by atoms with Crippen LogP contribution in [-0.2, 0) is 4.74 Å². The molecule has 2 aromatic rings. The van der Waals surface area contributed by atoms with Crippen LogP contribution in [0, 0.1) is 5.82 Å². The zero-order valence-electron chi connectivity index (χ0n) is 16.6. The summed E-state index contributed by atoms with van der Waals surface area (Å²) in [4.78, 5) is 0. The average Bonchev–Trinajstić information content (AvgIpc) is 2.77. The van der Waals surface area contributed by atoms with Crippen molar-refractivity contribution >= 4 is 23.2 Å². The first kappa shape index (κ1) is 23.5. The molecular formula is C21H22Cl2FNO7. The Morgan fingerprint density at radius 3 is 2.47 bits per heavy atom. The van der Waals surface area contributed by atoms with Gasteiger partial charge in [-0.25, -0.2) is 4.39 Å². The van der Waals surface area contributed by atoms with Crippen LogP contribution in [0.2, 0.25) is 10.0 Å². The molecular weight excluding hydrogens is 468 g/mol. The van der Waals surface area contributed by atoms with Gasteiger partial charge in [0.2, 0.25) is 0 Å². The smallest absolute Gasteiger partial charge is 0.169 e. The molecule has 0 amide bonds. The molecule has 174 valence electrons. The van der Waals surface area contributed by atoms with Crippen LogP contribution < -0.4 is 14.8 Å². The van der Waals surface area contributed by atoms with Gasteiger partial charge in [-0.15, -0.1) is 0 Å². The Morgan fingerprint density at radius 1 is 1.06 bits per heavy atom. The second-order valence-corrected chi connectivity index (χ2v) is 8.40. The maximum Gasteiger partial charge on any atom is 0.169 e. The molecule has 0 radical (unpaired) electrons. The second-order valence-electron chi connectivity index (χ2n) is 7.59. The molecule has 0 spiro atoms. The largest absolute Gasteiger partial charge is 0.486 e. The second kappa shape index (κ2) is 9.66. The van der Waals surface area contributed by atoms with Gasteiger partial charge >= 0.3 is 0 Å². The van der Waals surface area contributed by atoms with Crippen LogP contribution in [0.1, 0.15) is 0 Å². The fourth-order valence-electron chi connectivity index (χ4n) is 3.74. The lowest BCUT2D eigenvalue weighted by Gasteiger charge is -2.40. The predicted molar refractivity (Wildman–Crippen MR) is 114 cm³/mol. The molecule has 5 unspecified atom stereocenters. The fourth-order valence-corrected chi connectivity index (χ4v) is 4.34. The van der Waals surface area contributed by atoms with E-state index in [0.29, 0.717) is 21.2 Å². The van der Waals surface area contributed by atoms with E-state index in [4.69, 9.17) is 37.4 Å². The molecule has 8 nitrogen and oxygen atoms in total. The van der Waals surface area contributed by atoms with Gasteiger partial charge in [-0.05, 0) is 18.2 Å². The molecule has 6 atom stereocenters. The highest BCUT2D eigenvalue weighted by Crippen LogP contribution is 2.46. The van der Waals surface area contributed by atoms with Crippen LogP contribution in [0.3, 0.4) is 0 Å². The van der Waals surface area contributed by atoms with Gasteiger partial charge in [-0.1, -0.05) is 29.3 Å². The molecule has 4 rings (SSSR count). The van der Waals surface area contributed by atoms with Crippen molar-refractivity contribution in [1.82, 2.24) is 5.32 Å². The van der Waals surface area contributed by atoms with Crippen LogP contribution in [-0.4, -0.2) is 76.9 Å². The first-order chi connectivity index (χ1) is 15.3. The van der Waals surface area contributed by atoms with Crippen molar-refractivity contribution in [2.24, 2.45) is 0 Å². The van der Waals surface area contributed by atoms with Crippen molar-refractivity contribution in [3.63, 3.8) is 0 Å². The van der Waals surface area contributed by atoms with E-state index in [1.807, 2.05) is 0 Å². The van der Waals surface area contributed by atoms with Crippen LogP contribution in [0.4, 0.5) is 4.39 Å². The lowest BCUT2D eigenvalue weighted by molar-refractivity contribution is -0.237. The number of benzene rings is 2. The number of fused-ring (bicyclic) bond motifs is 1. The van der Waals surface area contributed by atoms with Crippen LogP contribution >= 0.6 is 23.2 Å². The van der Waals surface area contributed by atoms with Gasteiger partial charge in [-0.3, -0.25) is 5.32 Å². The van der Waals surface area contributed by atoms with Crippen molar-refractivity contribution in [2.45, 2.75) is 36.7 Å². The van der Waals surface area contributed by atoms with Crippen molar-refractivity contribution in [3.8, 4) is 22.6 Å². The van der Waals surface area contributed by atoms with Crippen molar-refractivity contribution in [2.75, 3.05) is 19.8 Å².